The molecule has 4 fully saturated rings. The van der Waals surface area contributed by atoms with E-state index >= 15 is 0 Å². The monoisotopic (exact) mass is 264 g/mol. The van der Waals surface area contributed by atoms with Crippen LogP contribution in [0.3, 0.4) is 0 Å². The highest BCUT2D eigenvalue weighted by Crippen LogP contribution is 2.53. The molecular formula is C16H28N2O. The zero-order valence-corrected chi connectivity index (χ0v) is 11.9. The molecule has 108 valence electrons. The van der Waals surface area contributed by atoms with Gasteiger partial charge in [0.2, 0.25) is 5.91 Å². The second-order valence-corrected chi connectivity index (χ2v) is 7.12. The predicted octanol–water partition coefficient (Wildman–Crippen LogP) is 2.45. The fourth-order valence-electron chi connectivity index (χ4n) is 5.03. The van der Waals surface area contributed by atoms with Gasteiger partial charge in [0.25, 0.3) is 0 Å². The molecule has 4 aliphatic carbocycles. The second kappa shape index (κ2) is 5.82. The van der Waals surface area contributed by atoms with Crippen LogP contribution in [-0.4, -0.2) is 18.5 Å². The molecule has 3 heteroatoms. The van der Waals surface area contributed by atoms with Crippen LogP contribution in [0, 0.1) is 23.7 Å². The third-order valence-corrected chi connectivity index (χ3v) is 5.66. The molecular weight excluding hydrogens is 236 g/mol. The lowest BCUT2D eigenvalue weighted by Crippen LogP contribution is -2.55. The Morgan fingerprint density at radius 1 is 0.947 bits per heavy atom. The number of nitrogens with two attached hydrogens (primary N) is 1. The molecule has 0 saturated heterocycles. The van der Waals surface area contributed by atoms with Crippen LogP contribution >= 0.6 is 0 Å². The fraction of sp³-hybridized carbons (Fsp3) is 0.938. The van der Waals surface area contributed by atoms with Crippen molar-refractivity contribution in [3.63, 3.8) is 0 Å². The van der Waals surface area contributed by atoms with Gasteiger partial charge in [-0.15, -0.1) is 0 Å². The molecule has 0 unspecified atom stereocenters. The molecule has 0 aromatic heterocycles. The summed E-state index contributed by atoms with van der Waals surface area (Å²) >= 11 is 0. The van der Waals surface area contributed by atoms with Crippen LogP contribution in [0.1, 0.15) is 57.8 Å². The summed E-state index contributed by atoms with van der Waals surface area (Å²) in [5.74, 6) is 3.85. The standard InChI is InChI=1S/C16H28N2O/c17-5-3-1-2-4-15(19)18-16-13-7-11-6-12(9-13)10-14(16)8-11/h11-14,16H,1-10,17H2,(H,18,19). The molecule has 0 atom stereocenters. The molecule has 19 heavy (non-hydrogen) atoms. The molecule has 4 aliphatic rings. The van der Waals surface area contributed by atoms with Crippen molar-refractivity contribution in [1.82, 2.24) is 5.32 Å². The Hall–Kier alpha value is -0.570. The smallest absolute Gasteiger partial charge is 0.220 e. The Kier molecular flexibility index (Phi) is 4.11. The van der Waals surface area contributed by atoms with Crippen molar-refractivity contribution in [2.24, 2.45) is 29.4 Å². The van der Waals surface area contributed by atoms with Gasteiger partial charge < -0.3 is 11.1 Å². The Labute approximate surface area is 116 Å². The molecule has 1 amide bonds. The van der Waals surface area contributed by atoms with Gasteiger partial charge in [-0.2, -0.15) is 0 Å². The largest absolute Gasteiger partial charge is 0.353 e. The first-order valence-electron chi connectivity index (χ1n) is 8.25. The van der Waals surface area contributed by atoms with Crippen LogP contribution in [0.4, 0.5) is 0 Å². The number of amides is 1. The molecule has 3 N–H and O–H groups in total. The molecule has 4 rings (SSSR count). The van der Waals surface area contributed by atoms with Gasteiger partial charge in [0, 0.05) is 12.5 Å². The van der Waals surface area contributed by atoms with Gasteiger partial charge in [-0.1, -0.05) is 6.42 Å². The van der Waals surface area contributed by atoms with Crippen molar-refractivity contribution in [2.75, 3.05) is 6.54 Å². The van der Waals surface area contributed by atoms with E-state index in [1.165, 1.54) is 32.1 Å². The molecule has 0 radical (unpaired) electrons. The topological polar surface area (TPSA) is 55.1 Å². The summed E-state index contributed by atoms with van der Waals surface area (Å²) in [6.45, 7) is 0.747. The number of hydrogen-bond acceptors (Lipinski definition) is 2. The lowest BCUT2D eigenvalue weighted by atomic mass is 9.54. The molecule has 0 heterocycles. The second-order valence-electron chi connectivity index (χ2n) is 7.12. The summed E-state index contributed by atoms with van der Waals surface area (Å²) in [6.07, 6.45) is 10.8. The number of carbonyl (C=O) groups excluding carboxylic acids is 1. The van der Waals surface area contributed by atoms with Crippen LogP contribution in [0.2, 0.25) is 0 Å². The van der Waals surface area contributed by atoms with Crippen molar-refractivity contribution in [3.8, 4) is 0 Å². The maximum atomic E-state index is 12.1. The summed E-state index contributed by atoms with van der Waals surface area (Å²) in [4.78, 5) is 12.1. The highest BCUT2D eigenvalue weighted by atomic mass is 16.1. The molecule has 0 spiro atoms. The lowest BCUT2D eigenvalue weighted by Gasteiger charge is -2.54. The highest BCUT2D eigenvalue weighted by Gasteiger charge is 2.48. The van der Waals surface area contributed by atoms with Crippen LogP contribution in [0.15, 0.2) is 0 Å². The zero-order chi connectivity index (χ0) is 13.2. The molecule has 0 aliphatic heterocycles. The molecule has 0 aromatic carbocycles. The summed E-state index contributed by atoms with van der Waals surface area (Å²) in [5.41, 5.74) is 5.47. The molecule has 4 saturated carbocycles. The van der Waals surface area contributed by atoms with E-state index in [2.05, 4.69) is 5.32 Å². The van der Waals surface area contributed by atoms with E-state index in [1.54, 1.807) is 0 Å². The average Bonchev–Trinajstić information content (AvgIpc) is 2.38. The van der Waals surface area contributed by atoms with Gasteiger partial charge >= 0.3 is 0 Å². The summed E-state index contributed by atoms with van der Waals surface area (Å²) in [6, 6.07) is 0.509. The molecule has 3 nitrogen and oxygen atoms in total. The first-order valence-corrected chi connectivity index (χ1v) is 8.25. The number of carbonyl (C=O) groups is 1. The van der Waals surface area contributed by atoms with Crippen LogP contribution in [-0.2, 0) is 4.79 Å². The van der Waals surface area contributed by atoms with E-state index < -0.39 is 0 Å². The van der Waals surface area contributed by atoms with Gasteiger partial charge in [0.1, 0.15) is 0 Å². The zero-order valence-electron chi connectivity index (χ0n) is 11.9. The summed E-state index contributed by atoms with van der Waals surface area (Å²) in [7, 11) is 0. The third-order valence-electron chi connectivity index (χ3n) is 5.66. The maximum absolute atomic E-state index is 12.1. The van der Waals surface area contributed by atoms with E-state index in [1.807, 2.05) is 0 Å². The Morgan fingerprint density at radius 3 is 2.16 bits per heavy atom. The first-order chi connectivity index (χ1) is 9.26. The van der Waals surface area contributed by atoms with E-state index in [4.69, 9.17) is 5.73 Å². The third kappa shape index (κ3) is 2.96. The summed E-state index contributed by atoms with van der Waals surface area (Å²) in [5, 5.41) is 3.37. The first kappa shape index (κ1) is 13.4. The average molecular weight is 264 g/mol. The van der Waals surface area contributed by atoms with Gasteiger partial charge in [-0.25, -0.2) is 0 Å². The quantitative estimate of drug-likeness (QED) is 0.724. The van der Waals surface area contributed by atoms with Crippen LogP contribution < -0.4 is 11.1 Å². The van der Waals surface area contributed by atoms with E-state index in [9.17, 15) is 4.79 Å². The number of hydrogen-bond donors (Lipinski definition) is 2. The lowest BCUT2D eigenvalue weighted by molar-refractivity contribution is -0.125. The van der Waals surface area contributed by atoms with Gasteiger partial charge in [0.15, 0.2) is 0 Å². The minimum atomic E-state index is 0.287. The minimum Gasteiger partial charge on any atom is -0.353 e. The number of rotatable bonds is 6. The van der Waals surface area contributed by atoms with Gasteiger partial charge in [-0.05, 0) is 75.2 Å². The van der Waals surface area contributed by atoms with Crippen molar-refractivity contribution in [3.05, 3.63) is 0 Å². The number of nitrogens with one attached hydrogen (secondary N) is 1. The van der Waals surface area contributed by atoms with E-state index in [0.29, 0.717) is 12.5 Å². The van der Waals surface area contributed by atoms with Crippen molar-refractivity contribution < 1.29 is 4.79 Å². The highest BCUT2D eigenvalue weighted by molar-refractivity contribution is 5.76. The minimum absolute atomic E-state index is 0.287. The Morgan fingerprint density at radius 2 is 1.58 bits per heavy atom. The molecule has 0 aromatic rings. The predicted molar refractivity (Wildman–Crippen MR) is 76.5 cm³/mol. The van der Waals surface area contributed by atoms with Gasteiger partial charge in [-0.3, -0.25) is 4.79 Å². The van der Waals surface area contributed by atoms with Crippen molar-refractivity contribution in [2.45, 2.75) is 63.8 Å². The van der Waals surface area contributed by atoms with Crippen LogP contribution in [0.25, 0.3) is 0 Å². The SMILES string of the molecule is NCCCCCC(=O)NC1C2CC3CC(C2)CC1C3. The summed E-state index contributed by atoms with van der Waals surface area (Å²) < 4.78 is 0. The normalized spacial score (nSPS) is 39.5. The Balaban J connectivity index is 1.46. The molecule has 4 bridgehead atoms. The van der Waals surface area contributed by atoms with E-state index in [0.717, 1.165) is 49.5 Å². The van der Waals surface area contributed by atoms with Crippen LogP contribution in [0.5, 0.6) is 0 Å². The van der Waals surface area contributed by atoms with Crippen molar-refractivity contribution >= 4 is 5.91 Å². The van der Waals surface area contributed by atoms with E-state index in [-0.39, 0.29) is 5.91 Å². The Bertz CT molecular complexity index is 301. The number of unbranched alkanes of at least 4 members (excludes halogenated alkanes) is 2. The fourth-order valence-corrected chi connectivity index (χ4v) is 5.03. The van der Waals surface area contributed by atoms with Gasteiger partial charge in [0.05, 0.1) is 0 Å². The maximum Gasteiger partial charge on any atom is 0.220 e. The van der Waals surface area contributed by atoms with Crippen molar-refractivity contribution in [1.29, 1.82) is 0 Å².